The van der Waals surface area contributed by atoms with Gasteiger partial charge in [-0.3, -0.25) is 18.6 Å². The monoisotopic (exact) mass is 1090 g/mol. The number of hydrogen-bond acceptors (Lipinski definition) is 6. The van der Waals surface area contributed by atoms with E-state index in [1.54, 1.807) is 0 Å². The van der Waals surface area contributed by atoms with Gasteiger partial charge in [0.05, 0.1) is 33.8 Å². The molecule has 0 saturated heterocycles. The van der Waals surface area contributed by atoms with E-state index in [9.17, 15) is 19.0 Å². The van der Waals surface area contributed by atoms with Crippen molar-refractivity contribution in [2.75, 3.05) is 40.9 Å². The Morgan fingerprint density at radius 3 is 1.25 bits per heavy atom. The van der Waals surface area contributed by atoms with E-state index in [4.69, 9.17) is 13.8 Å². The van der Waals surface area contributed by atoms with Crippen LogP contribution in [0.3, 0.4) is 0 Å². The van der Waals surface area contributed by atoms with Crippen molar-refractivity contribution in [3.63, 3.8) is 0 Å². The number of rotatable bonds is 60. The zero-order valence-corrected chi connectivity index (χ0v) is 52.2. The number of nitrogens with zero attached hydrogens (tertiary/aromatic N) is 1. The fourth-order valence-electron chi connectivity index (χ4n) is 9.80. The minimum atomic E-state index is -4.45. The zero-order valence-electron chi connectivity index (χ0n) is 51.3. The molecule has 0 saturated carbocycles. The van der Waals surface area contributed by atoms with Gasteiger partial charge in [0.2, 0.25) is 5.91 Å². The van der Waals surface area contributed by atoms with Crippen LogP contribution < -0.4 is 5.32 Å². The molecule has 0 fully saturated rings. The second-order valence-corrected chi connectivity index (χ2v) is 25.1. The van der Waals surface area contributed by atoms with Crippen LogP contribution in [-0.4, -0.2) is 74.3 Å². The first-order valence-corrected chi connectivity index (χ1v) is 34.3. The van der Waals surface area contributed by atoms with E-state index in [0.717, 1.165) is 83.5 Å². The molecule has 0 aliphatic carbocycles. The van der Waals surface area contributed by atoms with E-state index < -0.39 is 20.0 Å². The number of allylic oxidation sites excluding steroid dienone is 5. The van der Waals surface area contributed by atoms with Gasteiger partial charge in [0.25, 0.3) is 0 Å². The Morgan fingerprint density at radius 2 is 0.842 bits per heavy atom. The number of esters is 1. The molecule has 2 N–H and O–H groups in total. The molecule has 0 aromatic heterocycles. The smallest absolute Gasteiger partial charge is 0.456 e. The predicted molar refractivity (Wildman–Crippen MR) is 328 cm³/mol. The van der Waals surface area contributed by atoms with Crippen molar-refractivity contribution in [2.24, 2.45) is 0 Å². The third-order valence-electron chi connectivity index (χ3n) is 14.8. The Labute approximate surface area is 472 Å². The third-order valence-corrected chi connectivity index (χ3v) is 15.8. The van der Waals surface area contributed by atoms with Crippen molar-refractivity contribution in [1.29, 1.82) is 0 Å². The van der Waals surface area contributed by atoms with E-state index >= 15 is 0 Å². The average molecular weight is 1090 g/mol. The Balaban J connectivity index is 5.00. The summed E-state index contributed by atoms with van der Waals surface area (Å²) in [6.45, 7) is 6.94. The lowest BCUT2D eigenvalue weighted by Crippen LogP contribution is -2.47. The molecule has 0 spiro atoms. The van der Waals surface area contributed by atoms with Gasteiger partial charge < -0.3 is 19.4 Å². The highest BCUT2D eigenvalue weighted by atomic mass is 31.2. The Kier molecular flexibility index (Phi) is 55.2. The minimum absolute atomic E-state index is 0.0406. The molecule has 0 heterocycles. The van der Waals surface area contributed by atoms with Gasteiger partial charge in [-0.15, -0.1) is 0 Å². The van der Waals surface area contributed by atoms with Gasteiger partial charge in [0, 0.05) is 12.8 Å². The molecule has 1 amide bonds. The van der Waals surface area contributed by atoms with Crippen molar-refractivity contribution in [3.8, 4) is 0 Å². The van der Waals surface area contributed by atoms with E-state index in [2.05, 4.69) is 50.4 Å². The number of quaternary nitrogens is 1. The fraction of sp³-hybridized carbons (Fsp3) is 0.879. The molecule has 448 valence electrons. The second-order valence-electron chi connectivity index (χ2n) is 23.6. The van der Waals surface area contributed by atoms with Crippen LogP contribution in [0.5, 0.6) is 0 Å². The molecular weight excluding hydrogens is 964 g/mol. The number of hydrogen-bond donors (Lipinski definition) is 2. The molecule has 0 aliphatic rings. The molecule has 0 radical (unpaired) electrons. The summed E-state index contributed by atoms with van der Waals surface area (Å²) < 4.78 is 30.7. The van der Waals surface area contributed by atoms with E-state index in [1.165, 1.54) is 205 Å². The SMILES string of the molecule is CC/C=C/C/C=C/CCCCCCCCCC(=O)NC(COP(=O)(O)OCC[N+](C)(C)C)C(/C=C\CCCCCCCCCCC)OC(=O)CCCCCCCCCCCCCCCCCCCCCCCCCCC. The highest BCUT2D eigenvalue weighted by Crippen LogP contribution is 2.43. The van der Waals surface area contributed by atoms with Crippen molar-refractivity contribution < 1.29 is 37.3 Å². The van der Waals surface area contributed by atoms with Crippen LogP contribution in [0, 0.1) is 0 Å². The lowest BCUT2D eigenvalue weighted by Gasteiger charge is -2.27. The molecule has 0 aromatic carbocycles. The number of phosphoric acid groups is 1. The summed E-state index contributed by atoms with van der Waals surface area (Å²) in [5.41, 5.74) is 0. The van der Waals surface area contributed by atoms with Crippen LogP contribution in [0.2, 0.25) is 0 Å². The van der Waals surface area contributed by atoms with Crippen LogP contribution in [0.15, 0.2) is 36.5 Å². The van der Waals surface area contributed by atoms with Gasteiger partial charge >= 0.3 is 13.8 Å². The first-order chi connectivity index (χ1) is 36.9. The molecule has 0 aromatic rings. The third kappa shape index (κ3) is 56.9. The standard InChI is InChI=1S/C66H127N2O7P/c1-7-10-13-16-19-22-25-27-29-30-31-32-33-34-35-36-37-38-39-41-44-47-50-53-56-59-66(70)75-64(57-54-51-48-45-42-24-21-18-15-12-9-3)63(62-74-76(71,72)73-61-60-68(4,5)6)67-65(69)58-55-52-49-46-43-40-28-26-23-20-17-14-11-8-2/h11,14,20,23,54,57,63-64H,7-10,12-13,15-19,21-22,24-53,55-56,58-62H2,1-6H3,(H-,67,69,71,72)/p+1/b14-11+,23-20+,57-54-. The van der Waals surface area contributed by atoms with E-state index in [1.807, 2.05) is 33.3 Å². The summed E-state index contributed by atoms with van der Waals surface area (Å²) in [6.07, 6.45) is 68.8. The van der Waals surface area contributed by atoms with Gasteiger partial charge in [-0.2, -0.15) is 0 Å². The van der Waals surface area contributed by atoms with Crippen molar-refractivity contribution in [3.05, 3.63) is 36.5 Å². The van der Waals surface area contributed by atoms with Crippen LogP contribution in [0.4, 0.5) is 0 Å². The number of carbonyl (C=O) groups is 2. The lowest BCUT2D eigenvalue weighted by molar-refractivity contribution is -0.870. The van der Waals surface area contributed by atoms with Crippen molar-refractivity contribution in [1.82, 2.24) is 5.32 Å². The summed E-state index contributed by atoms with van der Waals surface area (Å²) in [5, 5.41) is 3.05. The van der Waals surface area contributed by atoms with E-state index in [-0.39, 0.29) is 25.1 Å². The van der Waals surface area contributed by atoms with Gasteiger partial charge in [-0.05, 0) is 57.4 Å². The number of likely N-dealkylation sites (N-methyl/N-ethyl adjacent to an activating group) is 1. The lowest BCUT2D eigenvalue weighted by atomic mass is 10.0. The number of phosphoric ester groups is 1. The molecular formula is C66H128N2O7P+. The van der Waals surface area contributed by atoms with Crippen LogP contribution in [0.25, 0.3) is 0 Å². The molecule has 76 heavy (non-hydrogen) atoms. The van der Waals surface area contributed by atoms with Crippen molar-refractivity contribution >= 4 is 19.7 Å². The summed E-state index contributed by atoms with van der Waals surface area (Å²) in [7, 11) is 1.50. The molecule has 3 atom stereocenters. The molecule has 10 heteroatoms. The predicted octanol–water partition coefficient (Wildman–Crippen LogP) is 20.3. The second kappa shape index (κ2) is 56.5. The van der Waals surface area contributed by atoms with Crippen molar-refractivity contribution in [2.45, 2.75) is 335 Å². The van der Waals surface area contributed by atoms with Crippen LogP contribution in [0.1, 0.15) is 323 Å². The van der Waals surface area contributed by atoms with Crippen LogP contribution >= 0.6 is 7.82 Å². The Morgan fingerprint density at radius 1 is 0.474 bits per heavy atom. The maximum atomic E-state index is 13.5. The van der Waals surface area contributed by atoms with Gasteiger partial charge in [-0.25, -0.2) is 4.57 Å². The fourth-order valence-corrected chi connectivity index (χ4v) is 10.5. The molecule has 0 aliphatic heterocycles. The highest BCUT2D eigenvalue weighted by molar-refractivity contribution is 7.47. The van der Waals surface area contributed by atoms with Gasteiger partial charge in [0.1, 0.15) is 19.3 Å². The molecule has 3 unspecified atom stereocenters. The molecule has 0 bridgehead atoms. The molecule has 9 nitrogen and oxygen atoms in total. The number of nitrogens with one attached hydrogen (secondary N) is 1. The first kappa shape index (κ1) is 74.2. The number of ether oxygens (including phenoxy) is 1. The number of unbranched alkanes of at least 4 members (excludes halogenated alkanes) is 40. The summed E-state index contributed by atoms with van der Waals surface area (Å²) in [6, 6.07) is -0.848. The quantitative estimate of drug-likeness (QED) is 0.0205. The first-order valence-electron chi connectivity index (χ1n) is 32.8. The summed E-state index contributed by atoms with van der Waals surface area (Å²) >= 11 is 0. The maximum Gasteiger partial charge on any atom is 0.472 e. The average Bonchev–Trinajstić information content (AvgIpc) is 3.38. The number of carbonyl (C=O) groups excluding carboxylic acids is 2. The Hall–Kier alpha value is -1.77. The number of amides is 1. The normalized spacial score (nSPS) is 13.8. The van der Waals surface area contributed by atoms with Gasteiger partial charge in [-0.1, -0.05) is 289 Å². The van der Waals surface area contributed by atoms with E-state index in [0.29, 0.717) is 23.9 Å². The summed E-state index contributed by atoms with van der Waals surface area (Å²) in [4.78, 5) is 37.7. The maximum absolute atomic E-state index is 13.5. The largest absolute Gasteiger partial charge is 0.472 e. The summed E-state index contributed by atoms with van der Waals surface area (Å²) in [5.74, 6) is -0.501. The highest BCUT2D eigenvalue weighted by Gasteiger charge is 2.30. The minimum Gasteiger partial charge on any atom is -0.456 e. The topological polar surface area (TPSA) is 111 Å². The zero-order chi connectivity index (χ0) is 55.7. The van der Waals surface area contributed by atoms with Gasteiger partial charge in [0.15, 0.2) is 0 Å². The van der Waals surface area contributed by atoms with Crippen LogP contribution in [-0.2, 0) is 27.9 Å². The molecule has 0 rings (SSSR count). The Bertz CT molecular complexity index is 1400.